The molecule has 0 amide bonds. The van der Waals surface area contributed by atoms with Crippen molar-refractivity contribution in [3.8, 4) is 0 Å². The molecule has 2 N–H and O–H groups in total. The zero-order chi connectivity index (χ0) is 17.2. The molecule has 1 saturated carbocycles. The Morgan fingerprint density at radius 1 is 1.38 bits per heavy atom. The third-order valence-corrected chi connectivity index (χ3v) is 5.66. The number of benzene rings is 1. The zero-order valence-corrected chi connectivity index (χ0v) is 14.5. The summed E-state index contributed by atoms with van der Waals surface area (Å²) in [6.07, 6.45) is 7.98. The quantitative estimate of drug-likeness (QED) is 0.819. The molecule has 1 unspecified atom stereocenters. The monoisotopic (exact) mass is 349 g/mol. The second kappa shape index (κ2) is 7.04. The Morgan fingerprint density at radius 3 is 2.92 bits per heavy atom. The minimum absolute atomic E-state index is 0.0282. The summed E-state index contributed by atoms with van der Waals surface area (Å²) >= 11 is 0. The number of sulfone groups is 1. The summed E-state index contributed by atoms with van der Waals surface area (Å²) in [6, 6.07) is 6.96. The van der Waals surface area contributed by atoms with Gasteiger partial charge in [0, 0.05) is 37.8 Å². The minimum Gasteiger partial charge on any atom is -0.391 e. The first-order valence-electron chi connectivity index (χ1n) is 8.08. The highest BCUT2D eigenvalue weighted by Crippen LogP contribution is 2.28. The van der Waals surface area contributed by atoms with Crippen LogP contribution in [0.5, 0.6) is 0 Å². The van der Waals surface area contributed by atoms with Gasteiger partial charge in [0.2, 0.25) is 0 Å². The molecule has 7 heteroatoms. The molecule has 6 nitrogen and oxygen atoms in total. The number of hydrogen-bond acceptors (Lipinski definition) is 5. The highest BCUT2D eigenvalue weighted by Gasteiger charge is 2.32. The van der Waals surface area contributed by atoms with Gasteiger partial charge in [0.1, 0.15) is 0 Å². The third-order valence-electron chi connectivity index (χ3n) is 4.55. The molecule has 1 heterocycles. The van der Waals surface area contributed by atoms with E-state index in [9.17, 15) is 13.5 Å². The van der Waals surface area contributed by atoms with E-state index in [0.29, 0.717) is 17.4 Å². The molecular weight excluding hydrogens is 326 g/mol. The number of hydrogen-bond donors (Lipinski definition) is 2. The number of aliphatic hydroxyl groups excluding tert-OH is 1. The van der Waals surface area contributed by atoms with E-state index in [-0.39, 0.29) is 12.1 Å². The Labute approximate surface area is 142 Å². The van der Waals surface area contributed by atoms with E-state index in [0.717, 1.165) is 24.9 Å². The van der Waals surface area contributed by atoms with Crippen molar-refractivity contribution in [2.75, 3.05) is 6.26 Å². The molecule has 130 valence electrons. The molecule has 3 atom stereocenters. The van der Waals surface area contributed by atoms with Crippen molar-refractivity contribution in [1.29, 1.82) is 0 Å². The van der Waals surface area contributed by atoms with Gasteiger partial charge in [-0.2, -0.15) is 0 Å². The number of rotatable bonds is 6. The standard InChI is InChI=1S/C17H23N3O3S/c1-24(22,23)15-4-2-3-13(7-15)10-19-16-8-14(9-17(16)21)11-20-6-5-18-12-20/h2-7,12,14,16-17,19,21H,8-11H2,1H3/t14?,16-,17-/m1/s1. The first kappa shape index (κ1) is 17.1. The summed E-state index contributed by atoms with van der Waals surface area (Å²) in [7, 11) is -3.20. The highest BCUT2D eigenvalue weighted by atomic mass is 32.2. The molecule has 1 aliphatic rings. The van der Waals surface area contributed by atoms with E-state index in [1.165, 1.54) is 6.26 Å². The number of nitrogens with one attached hydrogen (secondary N) is 1. The second-order valence-electron chi connectivity index (χ2n) is 6.57. The molecule has 0 aliphatic heterocycles. The van der Waals surface area contributed by atoms with Crippen LogP contribution in [0.25, 0.3) is 0 Å². The van der Waals surface area contributed by atoms with Crippen LogP contribution in [-0.2, 0) is 22.9 Å². The molecule has 1 aromatic heterocycles. The Morgan fingerprint density at radius 2 is 2.21 bits per heavy atom. The lowest BCUT2D eigenvalue weighted by Gasteiger charge is -2.16. The molecule has 1 fully saturated rings. The first-order valence-corrected chi connectivity index (χ1v) is 9.97. The van der Waals surface area contributed by atoms with Gasteiger partial charge in [0.15, 0.2) is 9.84 Å². The van der Waals surface area contributed by atoms with Crippen molar-refractivity contribution in [2.45, 2.75) is 43.0 Å². The number of aromatic nitrogens is 2. The van der Waals surface area contributed by atoms with Crippen molar-refractivity contribution in [3.63, 3.8) is 0 Å². The minimum atomic E-state index is -3.20. The first-order chi connectivity index (χ1) is 11.4. The van der Waals surface area contributed by atoms with Gasteiger partial charge in [-0.05, 0) is 36.5 Å². The normalized spacial score (nSPS) is 24.3. The van der Waals surface area contributed by atoms with Gasteiger partial charge in [-0.3, -0.25) is 0 Å². The van der Waals surface area contributed by atoms with Gasteiger partial charge in [0.05, 0.1) is 17.3 Å². The van der Waals surface area contributed by atoms with Gasteiger partial charge >= 0.3 is 0 Å². The maximum atomic E-state index is 11.6. The molecule has 1 aliphatic carbocycles. The number of aliphatic hydroxyl groups is 1. The van der Waals surface area contributed by atoms with Gasteiger partial charge in [-0.25, -0.2) is 13.4 Å². The van der Waals surface area contributed by atoms with Gasteiger partial charge in [-0.1, -0.05) is 12.1 Å². The predicted molar refractivity (Wildman–Crippen MR) is 91.1 cm³/mol. The van der Waals surface area contributed by atoms with Crippen LogP contribution in [0.4, 0.5) is 0 Å². The molecule has 0 radical (unpaired) electrons. The summed E-state index contributed by atoms with van der Waals surface area (Å²) in [4.78, 5) is 4.37. The van der Waals surface area contributed by atoms with E-state index in [2.05, 4.69) is 10.3 Å². The van der Waals surface area contributed by atoms with Gasteiger partial charge in [-0.15, -0.1) is 0 Å². The van der Waals surface area contributed by atoms with Crippen LogP contribution >= 0.6 is 0 Å². The summed E-state index contributed by atoms with van der Waals surface area (Å²) in [5, 5.41) is 13.6. The fourth-order valence-electron chi connectivity index (χ4n) is 3.31. The summed E-state index contributed by atoms with van der Waals surface area (Å²) in [5.41, 5.74) is 0.906. The Hall–Kier alpha value is -1.70. The molecule has 0 saturated heterocycles. The zero-order valence-electron chi connectivity index (χ0n) is 13.7. The van der Waals surface area contributed by atoms with E-state index >= 15 is 0 Å². The predicted octanol–water partition coefficient (Wildman–Crippen LogP) is 1.22. The van der Waals surface area contributed by atoms with Crippen LogP contribution in [0.1, 0.15) is 18.4 Å². The SMILES string of the molecule is CS(=O)(=O)c1cccc(CN[C@@H]2CC(Cn3ccnc3)C[C@H]2O)c1. The van der Waals surface area contributed by atoms with Crippen molar-refractivity contribution < 1.29 is 13.5 Å². The lowest BCUT2D eigenvalue weighted by atomic mass is 10.1. The lowest BCUT2D eigenvalue weighted by Crippen LogP contribution is -2.35. The number of nitrogens with zero attached hydrogens (tertiary/aromatic N) is 2. The molecule has 2 aromatic rings. The summed E-state index contributed by atoms with van der Waals surface area (Å²) in [5.74, 6) is 0.411. The topological polar surface area (TPSA) is 84.2 Å². The fourth-order valence-corrected chi connectivity index (χ4v) is 4.01. The van der Waals surface area contributed by atoms with E-state index in [4.69, 9.17) is 0 Å². The van der Waals surface area contributed by atoms with Crippen molar-refractivity contribution in [1.82, 2.24) is 14.9 Å². The smallest absolute Gasteiger partial charge is 0.175 e. The Balaban J connectivity index is 1.57. The molecule has 0 spiro atoms. The molecular formula is C17H23N3O3S. The Kier molecular flexibility index (Phi) is 5.03. The lowest BCUT2D eigenvalue weighted by molar-refractivity contribution is 0.145. The largest absolute Gasteiger partial charge is 0.391 e. The Bertz CT molecular complexity index is 774. The van der Waals surface area contributed by atoms with Crippen LogP contribution in [-0.4, -0.2) is 41.5 Å². The molecule has 24 heavy (non-hydrogen) atoms. The van der Waals surface area contributed by atoms with E-state index in [1.54, 1.807) is 30.7 Å². The average molecular weight is 349 g/mol. The highest BCUT2D eigenvalue weighted by molar-refractivity contribution is 7.90. The van der Waals surface area contributed by atoms with Crippen molar-refractivity contribution in [3.05, 3.63) is 48.5 Å². The van der Waals surface area contributed by atoms with E-state index in [1.807, 2.05) is 16.8 Å². The maximum absolute atomic E-state index is 11.6. The average Bonchev–Trinajstić information content (AvgIpc) is 3.15. The second-order valence-corrected chi connectivity index (χ2v) is 8.59. The maximum Gasteiger partial charge on any atom is 0.175 e. The van der Waals surface area contributed by atoms with Crippen LogP contribution < -0.4 is 5.32 Å². The van der Waals surface area contributed by atoms with Crippen LogP contribution in [0.2, 0.25) is 0 Å². The third kappa shape index (κ3) is 4.23. The van der Waals surface area contributed by atoms with Gasteiger partial charge in [0.25, 0.3) is 0 Å². The van der Waals surface area contributed by atoms with Crippen LogP contribution in [0.15, 0.2) is 47.9 Å². The molecule has 3 rings (SSSR count). The number of imidazole rings is 1. The molecule has 0 bridgehead atoms. The summed E-state index contributed by atoms with van der Waals surface area (Å²) in [6.45, 7) is 1.40. The van der Waals surface area contributed by atoms with Crippen molar-refractivity contribution >= 4 is 9.84 Å². The fraction of sp³-hybridized carbons (Fsp3) is 0.471. The van der Waals surface area contributed by atoms with Crippen molar-refractivity contribution in [2.24, 2.45) is 5.92 Å². The van der Waals surface area contributed by atoms with Crippen LogP contribution in [0, 0.1) is 5.92 Å². The summed E-state index contributed by atoms with van der Waals surface area (Å²) < 4.78 is 25.3. The van der Waals surface area contributed by atoms with Gasteiger partial charge < -0.3 is 15.0 Å². The van der Waals surface area contributed by atoms with Crippen LogP contribution in [0.3, 0.4) is 0 Å². The molecule has 1 aromatic carbocycles. The van der Waals surface area contributed by atoms with E-state index < -0.39 is 9.84 Å².